The summed E-state index contributed by atoms with van der Waals surface area (Å²) in [5, 5.41) is 2.78. The molecule has 1 aromatic heterocycles. The van der Waals surface area contributed by atoms with Crippen molar-refractivity contribution in [2.45, 2.75) is 32.1 Å². The molecule has 2 heterocycles. The number of hydrogen-bond acceptors (Lipinski definition) is 4. The first-order valence-corrected chi connectivity index (χ1v) is 9.37. The molecule has 1 aromatic carbocycles. The third-order valence-electron chi connectivity index (χ3n) is 4.99. The Labute approximate surface area is 160 Å². The Bertz CT molecular complexity index is 904. The number of carbonyl (C=O) groups excluding carboxylic acids is 2. The van der Waals surface area contributed by atoms with Crippen LogP contribution in [0.4, 0.5) is 5.82 Å². The van der Waals surface area contributed by atoms with Crippen LogP contribution in [-0.2, 0) is 10.2 Å². The Morgan fingerprint density at radius 3 is 2.73 bits per heavy atom. The molecular formula is C19H19BrN4O2. The molecule has 1 saturated carbocycles. The van der Waals surface area contributed by atoms with Crippen LogP contribution in [-0.4, -0.2) is 39.8 Å². The molecule has 2 amide bonds. The Kier molecular flexibility index (Phi) is 4.06. The number of rotatable bonds is 3. The third-order valence-corrected chi connectivity index (χ3v) is 5.48. The Morgan fingerprint density at radius 2 is 2.04 bits per heavy atom. The smallest absolute Gasteiger partial charge is 0.254 e. The number of hydrogen-bond donors (Lipinski definition) is 1. The highest BCUT2D eigenvalue weighted by Gasteiger charge is 2.51. The maximum atomic E-state index is 12.8. The van der Waals surface area contributed by atoms with Crippen molar-refractivity contribution < 1.29 is 9.59 Å². The minimum absolute atomic E-state index is 0.00932. The zero-order valence-electron chi connectivity index (χ0n) is 14.7. The molecule has 1 aliphatic heterocycles. The van der Waals surface area contributed by atoms with Crippen molar-refractivity contribution in [3.8, 4) is 0 Å². The lowest BCUT2D eigenvalue weighted by molar-refractivity contribution is -0.117. The van der Waals surface area contributed by atoms with Gasteiger partial charge < -0.3 is 10.2 Å². The van der Waals surface area contributed by atoms with E-state index in [1.165, 1.54) is 0 Å². The van der Waals surface area contributed by atoms with E-state index in [1.807, 2.05) is 25.1 Å². The Hall–Kier alpha value is -2.28. The fraction of sp³-hybridized carbons (Fsp3) is 0.368. The third kappa shape index (κ3) is 3.11. The van der Waals surface area contributed by atoms with Crippen LogP contribution in [0.3, 0.4) is 0 Å². The van der Waals surface area contributed by atoms with E-state index in [9.17, 15) is 9.59 Å². The molecule has 2 aromatic rings. The van der Waals surface area contributed by atoms with Crippen LogP contribution < -0.4 is 5.32 Å². The normalized spacial score (nSPS) is 17.2. The van der Waals surface area contributed by atoms with Gasteiger partial charge in [0.25, 0.3) is 5.91 Å². The molecule has 0 atom stereocenters. The molecular weight excluding hydrogens is 396 g/mol. The van der Waals surface area contributed by atoms with E-state index in [4.69, 9.17) is 0 Å². The molecule has 4 rings (SSSR count). The van der Waals surface area contributed by atoms with Crippen LogP contribution >= 0.6 is 15.9 Å². The molecule has 0 unspecified atom stereocenters. The summed E-state index contributed by atoms with van der Waals surface area (Å²) in [6, 6.07) is 7.49. The van der Waals surface area contributed by atoms with E-state index < -0.39 is 0 Å². The molecule has 0 bridgehead atoms. The Morgan fingerprint density at radius 1 is 1.27 bits per heavy atom. The molecule has 7 heteroatoms. The number of benzene rings is 1. The molecule has 1 spiro atoms. The lowest BCUT2D eigenvalue weighted by atomic mass is 9.86. The minimum Gasteiger partial charge on any atom is -0.328 e. The number of carbonyl (C=O) groups is 2. The zero-order valence-corrected chi connectivity index (χ0v) is 16.3. The summed E-state index contributed by atoms with van der Waals surface area (Å²) in [6.07, 6.45) is 2.10. The monoisotopic (exact) mass is 414 g/mol. The summed E-state index contributed by atoms with van der Waals surface area (Å²) < 4.78 is 0.982. The van der Waals surface area contributed by atoms with Crippen molar-refractivity contribution in [2.75, 3.05) is 18.4 Å². The summed E-state index contributed by atoms with van der Waals surface area (Å²) in [4.78, 5) is 35.4. The van der Waals surface area contributed by atoms with E-state index in [0.717, 1.165) is 28.6 Å². The fourth-order valence-corrected chi connectivity index (χ4v) is 4.04. The van der Waals surface area contributed by atoms with E-state index in [0.29, 0.717) is 23.8 Å². The maximum Gasteiger partial charge on any atom is 0.254 e. The average molecular weight is 415 g/mol. The molecule has 1 aliphatic carbocycles. The van der Waals surface area contributed by atoms with Crippen molar-refractivity contribution in [2.24, 2.45) is 0 Å². The SMILES string of the molecule is Cc1cc(NC(=O)CN2CC3(CC3)c3cc(Br)ccc3C2=O)nc(C)n1. The largest absolute Gasteiger partial charge is 0.328 e. The summed E-state index contributed by atoms with van der Waals surface area (Å²) in [5.41, 5.74) is 2.61. The number of nitrogens with zero attached hydrogens (tertiary/aromatic N) is 3. The first-order valence-electron chi connectivity index (χ1n) is 8.58. The molecule has 0 radical (unpaired) electrons. The lowest BCUT2D eigenvalue weighted by Gasteiger charge is -2.34. The van der Waals surface area contributed by atoms with Gasteiger partial charge in [0.05, 0.1) is 0 Å². The van der Waals surface area contributed by atoms with Gasteiger partial charge in [0.15, 0.2) is 0 Å². The van der Waals surface area contributed by atoms with E-state index in [1.54, 1.807) is 17.9 Å². The standard InChI is InChI=1S/C19H19BrN4O2/c1-11-7-16(22-12(2)21-11)23-17(25)9-24-10-19(5-6-19)15-8-13(20)3-4-14(15)18(24)26/h3-4,7-8H,5-6,9-10H2,1-2H3,(H,21,22,23,25). The van der Waals surface area contributed by atoms with Crippen molar-refractivity contribution in [1.82, 2.24) is 14.9 Å². The summed E-state index contributed by atoms with van der Waals surface area (Å²) in [5.74, 6) is 0.739. The molecule has 2 aliphatic rings. The highest BCUT2D eigenvalue weighted by Crippen LogP contribution is 2.52. The lowest BCUT2D eigenvalue weighted by Crippen LogP contribution is -2.46. The number of aryl methyl sites for hydroxylation is 2. The highest BCUT2D eigenvalue weighted by molar-refractivity contribution is 9.10. The second kappa shape index (κ2) is 6.16. The number of anilines is 1. The number of halogens is 1. The summed E-state index contributed by atoms with van der Waals surface area (Å²) >= 11 is 3.49. The van der Waals surface area contributed by atoms with Crippen LogP contribution in [0, 0.1) is 13.8 Å². The van der Waals surface area contributed by atoms with Gasteiger partial charge in [0.1, 0.15) is 18.2 Å². The number of fused-ring (bicyclic) bond motifs is 2. The molecule has 1 fully saturated rings. The predicted molar refractivity (Wildman–Crippen MR) is 101 cm³/mol. The minimum atomic E-state index is -0.243. The van der Waals surface area contributed by atoms with Gasteiger partial charge in [0.2, 0.25) is 5.91 Å². The first kappa shape index (κ1) is 17.1. The van der Waals surface area contributed by atoms with E-state index in [-0.39, 0.29) is 23.8 Å². The molecule has 6 nitrogen and oxygen atoms in total. The van der Waals surface area contributed by atoms with Gasteiger partial charge in [-0.15, -0.1) is 0 Å². The number of nitrogens with one attached hydrogen (secondary N) is 1. The number of aromatic nitrogens is 2. The first-order chi connectivity index (χ1) is 12.4. The van der Waals surface area contributed by atoms with Crippen molar-refractivity contribution in [3.05, 3.63) is 51.4 Å². The maximum absolute atomic E-state index is 12.8. The second-order valence-electron chi connectivity index (χ2n) is 7.12. The van der Waals surface area contributed by atoms with Gasteiger partial charge in [-0.2, -0.15) is 0 Å². The molecule has 26 heavy (non-hydrogen) atoms. The molecule has 0 saturated heterocycles. The topological polar surface area (TPSA) is 75.2 Å². The van der Waals surface area contributed by atoms with Gasteiger partial charge in [-0.25, -0.2) is 9.97 Å². The predicted octanol–water partition coefficient (Wildman–Crippen LogP) is 2.98. The Balaban J connectivity index is 1.53. The van der Waals surface area contributed by atoms with Gasteiger partial charge >= 0.3 is 0 Å². The van der Waals surface area contributed by atoms with Crippen LogP contribution in [0.15, 0.2) is 28.7 Å². The second-order valence-corrected chi connectivity index (χ2v) is 8.04. The van der Waals surface area contributed by atoms with Crippen LogP contribution in [0.1, 0.15) is 40.3 Å². The van der Waals surface area contributed by atoms with E-state index in [2.05, 4.69) is 31.2 Å². The van der Waals surface area contributed by atoms with Gasteiger partial charge in [-0.1, -0.05) is 15.9 Å². The van der Waals surface area contributed by atoms with Crippen molar-refractivity contribution >= 4 is 33.6 Å². The molecule has 134 valence electrons. The van der Waals surface area contributed by atoms with Crippen LogP contribution in [0.5, 0.6) is 0 Å². The van der Waals surface area contributed by atoms with Crippen molar-refractivity contribution in [3.63, 3.8) is 0 Å². The highest BCUT2D eigenvalue weighted by atomic mass is 79.9. The van der Waals surface area contributed by atoms with Crippen LogP contribution in [0.25, 0.3) is 0 Å². The zero-order chi connectivity index (χ0) is 18.5. The summed E-state index contributed by atoms with van der Waals surface area (Å²) in [6.45, 7) is 4.25. The van der Waals surface area contributed by atoms with Gasteiger partial charge in [0, 0.05) is 33.8 Å². The van der Waals surface area contributed by atoms with Gasteiger partial charge in [-0.05, 0) is 50.5 Å². The quantitative estimate of drug-likeness (QED) is 0.837. The number of amides is 2. The van der Waals surface area contributed by atoms with Crippen molar-refractivity contribution in [1.29, 1.82) is 0 Å². The fourth-order valence-electron chi connectivity index (χ4n) is 3.68. The van der Waals surface area contributed by atoms with Gasteiger partial charge in [-0.3, -0.25) is 9.59 Å². The van der Waals surface area contributed by atoms with E-state index >= 15 is 0 Å². The average Bonchev–Trinajstić information content (AvgIpc) is 3.32. The summed E-state index contributed by atoms with van der Waals surface area (Å²) in [7, 11) is 0. The molecule has 1 N–H and O–H groups in total. The van der Waals surface area contributed by atoms with Crippen LogP contribution in [0.2, 0.25) is 0 Å².